The predicted molar refractivity (Wildman–Crippen MR) is 115 cm³/mol. The normalized spacial score (nSPS) is 22.3. The number of likely N-dealkylation sites (tertiary alicyclic amines) is 1. The number of β-amino-alcohol motifs (C(OH)–C–C–N with tert-alkyl or cyclic N) is 1. The standard InChI is InChI=1S/C22H27N3O3.ClH/c26-20-14-23-12-17(20)13-24-21(27)16-8-10-25(11-9-16)22(28)19-7-3-5-15-4-1-2-6-18(15)19;/h1-7,16-17,20,23,26H,8-14H2,(H,24,27);1H. The molecular weight excluding hydrogens is 390 g/mol. The number of aliphatic hydroxyl groups is 1. The van der Waals surface area contributed by atoms with Gasteiger partial charge < -0.3 is 20.6 Å². The van der Waals surface area contributed by atoms with Crippen molar-refractivity contribution in [2.45, 2.75) is 18.9 Å². The number of hydrogen-bond donors (Lipinski definition) is 3. The average molecular weight is 418 g/mol. The van der Waals surface area contributed by atoms with Gasteiger partial charge in [-0.3, -0.25) is 9.59 Å². The van der Waals surface area contributed by atoms with Crippen molar-refractivity contribution in [3.8, 4) is 0 Å². The molecule has 2 aromatic carbocycles. The molecule has 2 aliphatic rings. The molecule has 0 aliphatic carbocycles. The molecule has 0 aromatic heterocycles. The lowest BCUT2D eigenvalue weighted by Crippen LogP contribution is -2.44. The molecule has 2 fully saturated rings. The molecule has 2 aromatic rings. The Kier molecular flexibility index (Phi) is 7.11. The fraction of sp³-hybridized carbons (Fsp3) is 0.455. The molecular formula is C22H28ClN3O3. The first-order valence-corrected chi connectivity index (χ1v) is 10.1. The SMILES string of the molecule is Cl.O=C(NCC1CNCC1O)C1CCN(C(=O)c2cccc3ccccc23)CC1. The van der Waals surface area contributed by atoms with Crippen LogP contribution < -0.4 is 10.6 Å². The maximum atomic E-state index is 13.0. The highest BCUT2D eigenvalue weighted by Gasteiger charge is 2.30. The number of nitrogens with one attached hydrogen (secondary N) is 2. The second-order valence-electron chi connectivity index (χ2n) is 7.82. The van der Waals surface area contributed by atoms with Gasteiger partial charge >= 0.3 is 0 Å². The minimum atomic E-state index is -0.388. The van der Waals surface area contributed by atoms with Crippen LogP contribution in [-0.2, 0) is 4.79 Å². The summed E-state index contributed by atoms with van der Waals surface area (Å²) >= 11 is 0. The van der Waals surface area contributed by atoms with Crippen molar-refractivity contribution < 1.29 is 14.7 Å². The molecule has 4 rings (SSSR count). The zero-order chi connectivity index (χ0) is 19.5. The number of amides is 2. The van der Waals surface area contributed by atoms with Crippen molar-refractivity contribution >= 4 is 35.0 Å². The quantitative estimate of drug-likeness (QED) is 0.708. The van der Waals surface area contributed by atoms with Crippen LogP contribution in [0, 0.1) is 11.8 Å². The van der Waals surface area contributed by atoms with Gasteiger partial charge in [-0.2, -0.15) is 0 Å². The first-order valence-electron chi connectivity index (χ1n) is 10.1. The molecule has 2 amide bonds. The Hall–Kier alpha value is -2.15. The van der Waals surface area contributed by atoms with E-state index in [1.165, 1.54) is 0 Å². The summed E-state index contributed by atoms with van der Waals surface area (Å²) in [5.41, 5.74) is 0.726. The number of nitrogens with zero attached hydrogens (tertiary/aromatic N) is 1. The Morgan fingerprint density at radius 3 is 2.52 bits per heavy atom. The number of hydrogen-bond acceptors (Lipinski definition) is 4. The van der Waals surface area contributed by atoms with Gasteiger partial charge in [0.2, 0.25) is 5.91 Å². The summed E-state index contributed by atoms with van der Waals surface area (Å²) in [4.78, 5) is 27.3. The monoisotopic (exact) mass is 417 g/mol. The van der Waals surface area contributed by atoms with Crippen LogP contribution in [0.1, 0.15) is 23.2 Å². The largest absolute Gasteiger partial charge is 0.391 e. The third-order valence-electron chi connectivity index (χ3n) is 6.02. The van der Waals surface area contributed by atoms with Crippen LogP contribution in [0.4, 0.5) is 0 Å². The second kappa shape index (κ2) is 9.57. The van der Waals surface area contributed by atoms with Crippen molar-refractivity contribution in [3.05, 3.63) is 48.0 Å². The second-order valence-corrected chi connectivity index (χ2v) is 7.82. The van der Waals surface area contributed by atoms with Gasteiger partial charge in [0, 0.05) is 50.1 Å². The van der Waals surface area contributed by atoms with E-state index >= 15 is 0 Å². The molecule has 2 atom stereocenters. The van der Waals surface area contributed by atoms with Crippen LogP contribution in [0.3, 0.4) is 0 Å². The van der Waals surface area contributed by atoms with Gasteiger partial charge in [-0.1, -0.05) is 36.4 Å². The molecule has 156 valence electrons. The van der Waals surface area contributed by atoms with E-state index in [0.29, 0.717) is 39.0 Å². The molecule has 7 heteroatoms. The highest BCUT2D eigenvalue weighted by molar-refractivity contribution is 6.07. The van der Waals surface area contributed by atoms with Crippen LogP contribution in [-0.4, -0.2) is 60.6 Å². The topological polar surface area (TPSA) is 81.7 Å². The molecule has 3 N–H and O–H groups in total. The molecule has 2 aliphatic heterocycles. The summed E-state index contributed by atoms with van der Waals surface area (Å²) < 4.78 is 0. The maximum Gasteiger partial charge on any atom is 0.254 e. The Balaban J connectivity index is 0.00000240. The number of halogens is 1. The van der Waals surface area contributed by atoms with Crippen molar-refractivity contribution in [2.24, 2.45) is 11.8 Å². The summed E-state index contributed by atoms with van der Waals surface area (Å²) in [6.45, 7) is 3.01. The van der Waals surface area contributed by atoms with E-state index in [9.17, 15) is 14.7 Å². The van der Waals surface area contributed by atoms with E-state index in [0.717, 1.165) is 22.9 Å². The number of piperidine rings is 1. The highest BCUT2D eigenvalue weighted by Crippen LogP contribution is 2.24. The van der Waals surface area contributed by atoms with Gasteiger partial charge in [0.25, 0.3) is 5.91 Å². The van der Waals surface area contributed by atoms with Gasteiger partial charge in [0.15, 0.2) is 0 Å². The lowest BCUT2D eigenvalue weighted by atomic mass is 9.94. The van der Waals surface area contributed by atoms with Crippen molar-refractivity contribution in [1.82, 2.24) is 15.5 Å². The Morgan fingerprint density at radius 1 is 1.07 bits per heavy atom. The summed E-state index contributed by atoms with van der Waals surface area (Å²) in [5.74, 6) is 0.0900. The minimum absolute atomic E-state index is 0. The van der Waals surface area contributed by atoms with Gasteiger partial charge in [0.1, 0.15) is 0 Å². The maximum absolute atomic E-state index is 13.0. The first-order chi connectivity index (χ1) is 13.6. The number of carbonyl (C=O) groups excluding carboxylic acids is 2. The lowest BCUT2D eigenvalue weighted by Gasteiger charge is -2.32. The van der Waals surface area contributed by atoms with Crippen LogP contribution in [0.25, 0.3) is 10.8 Å². The molecule has 2 unspecified atom stereocenters. The number of carbonyl (C=O) groups is 2. The predicted octanol–water partition coefficient (Wildman–Crippen LogP) is 1.81. The van der Waals surface area contributed by atoms with Gasteiger partial charge in [-0.05, 0) is 29.7 Å². The van der Waals surface area contributed by atoms with Crippen LogP contribution in [0.15, 0.2) is 42.5 Å². The Bertz CT molecular complexity index is 862. The molecule has 0 bridgehead atoms. The van der Waals surface area contributed by atoms with E-state index in [1.54, 1.807) is 0 Å². The van der Waals surface area contributed by atoms with Crippen molar-refractivity contribution in [3.63, 3.8) is 0 Å². The Labute approximate surface area is 177 Å². The molecule has 29 heavy (non-hydrogen) atoms. The molecule has 0 radical (unpaired) electrons. The van der Waals surface area contributed by atoms with E-state index < -0.39 is 0 Å². The zero-order valence-electron chi connectivity index (χ0n) is 16.3. The first kappa shape index (κ1) is 21.6. The van der Waals surface area contributed by atoms with E-state index in [-0.39, 0.29) is 42.2 Å². The molecule has 2 heterocycles. The summed E-state index contributed by atoms with van der Waals surface area (Å²) in [6, 6.07) is 13.7. The Morgan fingerprint density at radius 2 is 1.79 bits per heavy atom. The van der Waals surface area contributed by atoms with Gasteiger partial charge in [-0.15, -0.1) is 12.4 Å². The van der Waals surface area contributed by atoms with E-state index in [1.807, 2.05) is 47.4 Å². The van der Waals surface area contributed by atoms with Crippen LogP contribution in [0.5, 0.6) is 0 Å². The summed E-state index contributed by atoms with van der Waals surface area (Å²) in [5, 5.41) is 18.0. The van der Waals surface area contributed by atoms with Gasteiger partial charge in [-0.25, -0.2) is 0 Å². The zero-order valence-corrected chi connectivity index (χ0v) is 17.2. The van der Waals surface area contributed by atoms with Gasteiger partial charge in [0.05, 0.1) is 6.10 Å². The number of benzene rings is 2. The number of fused-ring (bicyclic) bond motifs is 1. The third-order valence-corrected chi connectivity index (χ3v) is 6.02. The van der Waals surface area contributed by atoms with Crippen molar-refractivity contribution in [2.75, 3.05) is 32.7 Å². The van der Waals surface area contributed by atoms with E-state index in [4.69, 9.17) is 0 Å². The van der Waals surface area contributed by atoms with Crippen molar-refractivity contribution in [1.29, 1.82) is 0 Å². The molecule has 6 nitrogen and oxygen atoms in total. The molecule has 0 saturated carbocycles. The molecule has 2 saturated heterocycles. The minimum Gasteiger partial charge on any atom is -0.391 e. The highest BCUT2D eigenvalue weighted by atomic mass is 35.5. The molecule has 0 spiro atoms. The van der Waals surface area contributed by atoms with Crippen LogP contribution in [0.2, 0.25) is 0 Å². The smallest absolute Gasteiger partial charge is 0.254 e. The van der Waals surface area contributed by atoms with Crippen LogP contribution >= 0.6 is 12.4 Å². The summed E-state index contributed by atoms with van der Waals surface area (Å²) in [6.07, 6.45) is 0.960. The third kappa shape index (κ3) is 4.71. The fourth-order valence-electron chi connectivity index (χ4n) is 4.23. The van der Waals surface area contributed by atoms with E-state index in [2.05, 4.69) is 10.6 Å². The fourth-order valence-corrected chi connectivity index (χ4v) is 4.23. The number of rotatable bonds is 4. The lowest BCUT2D eigenvalue weighted by molar-refractivity contribution is -0.126. The summed E-state index contributed by atoms with van der Waals surface area (Å²) in [7, 11) is 0. The number of aliphatic hydroxyl groups excluding tert-OH is 1. The average Bonchev–Trinajstić information content (AvgIpc) is 3.16.